The Hall–Kier alpha value is -2.81. The van der Waals surface area contributed by atoms with Gasteiger partial charge in [0.05, 0.1) is 5.69 Å². The Kier molecular flexibility index (Phi) is 4.62. The Bertz CT molecular complexity index is 909. The van der Waals surface area contributed by atoms with Crippen molar-refractivity contribution in [2.45, 2.75) is 31.1 Å². The number of nitrogens with one attached hydrogen (secondary N) is 3. The molecule has 3 atom stereocenters. The molecule has 3 unspecified atom stereocenters. The summed E-state index contributed by atoms with van der Waals surface area (Å²) in [6.07, 6.45) is -3.04. The molecule has 6 nitrogen and oxygen atoms in total. The van der Waals surface area contributed by atoms with Gasteiger partial charge in [0.25, 0.3) is 5.91 Å². The lowest BCUT2D eigenvalue weighted by Crippen LogP contribution is -2.47. The summed E-state index contributed by atoms with van der Waals surface area (Å²) in [5.41, 5.74) is 0.198. The number of fused-ring (bicyclic) bond motifs is 2. The van der Waals surface area contributed by atoms with Crippen LogP contribution in [0.4, 0.5) is 18.9 Å². The molecule has 148 valence electrons. The molecule has 0 radical (unpaired) electrons. The number of hydrogen-bond acceptors (Lipinski definition) is 4. The van der Waals surface area contributed by atoms with Crippen molar-refractivity contribution in [3.05, 3.63) is 42.2 Å². The van der Waals surface area contributed by atoms with Crippen LogP contribution in [0.3, 0.4) is 0 Å². The van der Waals surface area contributed by atoms with Gasteiger partial charge in [-0.25, -0.2) is 0 Å². The number of piperidine rings is 1. The monoisotopic (exact) mass is 393 g/mol. The Morgan fingerprint density at radius 2 is 1.89 bits per heavy atom. The number of carbonyl (C=O) groups is 2. The molecule has 4 rings (SSSR count). The van der Waals surface area contributed by atoms with E-state index in [-0.39, 0.29) is 40.8 Å². The van der Waals surface area contributed by atoms with E-state index in [0.717, 1.165) is 19.4 Å². The lowest BCUT2D eigenvalue weighted by Gasteiger charge is -2.23. The summed E-state index contributed by atoms with van der Waals surface area (Å²) in [5.74, 6) is -1.62. The first-order chi connectivity index (χ1) is 13.3. The van der Waals surface area contributed by atoms with Crippen molar-refractivity contribution >= 4 is 17.5 Å². The summed E-state index contributed by atoms with van der Waals surface area (Å²) in [6, 6.07) is 9.20. The molecule has 2 aliphatic rings. The fourth-order valence-corrected chi connectivity index (χ4v) is 3.86. The zero-order chi connectivity index (χ0) is 19.9. The number of hydrogen-bond donors (Lipinski definition) is 3. The number of carbonyl (C=O) groups excluding carboxylic acids is 2. The topological polar surface area (TPSA) is 83.4 Å². The average Bonchev–Trinajstić information content (AvgIpc) is 3.38. The Balaban J connectivity index is 1.50. The van der Waals surface area contributed by atoms with Gasteiger partial charge in [-0.05, 0) is 49.6 Å². The van der Waals surface area contributed by atoms with E-state index in [4.69, 9.17) is 4.42 Å². The largest absolute Gasteiger partial charge is 0.471 e. The molecule has 1 saturated heterocycles. The van der Waals surface area contributed by atoms with Crippen molar-refractivity contribution in [1.82, 2.24) is 10.6 Å². The van der Waals surface area contributed by atoms with Gasteiger partial charge >= 0.3 is 12.1 Å². The zero-order valence-corrected chi connectivity index (χ0v) is 14.7. The smallest absolute Gasteiger partial charge is 0.451 e. The molecule has 2 amide bonds. The van der Waals surface area contributed by atoms with Crippen molar-refractivity contribution in [2.24, 2.45) is 5.92 Å². The van der Waals surface area contributed by atoms with Gasteiger partial charge in [-0.2, -0.15) is 13.2 Å². The lowest BCUT2D eigenvalue weighted by atomic mass is 10.1. The van der Waals surface area contributed by atoms with Crippen LogP contribution in [0.2, 0.25) is 0 Å². The molecule has 2 aromatic rings. The minimum atomic E-state index is -5.00. The maximum atomic E-state index is 12.5. The van der Waals surface area contributed by atoms with Gasteiger partial charge in [0.1, 0.15) is 5.76 Å². The number of rotatable bonds is 4. The Labute approximate surface area is 158 Å². The highest BCUT2D eigenvalue weighted by Crippen LogP contribution is 2.33. The van der Waals surface area contributed by atoms with Gasteiger partial charge in [0.2, 0.25) is 0 Å². The van der Waals surface area contributed by atoms with Gasteiger partial charge in [0, 0.05) is 17.6 Å². The quantitative estimate of drug-likeness (QED) is 0.746. The highest BCUT2D eigenvalue weighted by molar-refractivity contribution is 5.98. The first-order valence-corrected chi connectivity index (χ1v) is 8.93. The second-order valence-electron chi connectivity index (χ2n) is 7.09. The summed E-state index contributed by atoms with van der Waals surface area (Å²) in [5, 5.41) is 8.13. The molecule has 1 aromatic heterocycles. The van der Waals surface area contributed by atoms with Crippen molar-refractivity contribution < 1.29 is 27.2 Å². The number of benzene rings is 1. The summed E-state index contributed by atoms with van der Waals surface area (Å²) in [6.45, 7) is 0.975. The van der Waals surface area contributed by atoms with Gasteiger partial charge < -0.3 is 20.4 Å². The number of amides is 2. The predicted octanol–water partition coefficient (Wildman–Crippen LogP) is 2.93. The normalized spacial score (nSPS) is 23.6. The molecule has 2 bridgehead atoms. The van der Waals surface area contributed by atoms with Crippen molar-refractivity contribution in [2.75, 3.05) is 11.9 Å². The third-order valence-electron chi connectivity index (χ3n) is 5.17. The maximum absolute atomic E-state index is 12.5. The molecular formula is C19H18F3N3O3. The molecule has 1 aliphatic carbocycles. The van der Waals surface area contributed by atoms with Gasteiger partial charge in [0.15, 0.2) is 5.76 Å². The van der Waals surface area contributed by atoms with Crippen LogP contribution in [0.1, 0.15) is 23.4 Å². The van der Waals surface area contributed by atoms with Crippen molar-refractivity contribution in [3.63, 3.8) is 0 Å². The van der Waals surface area contributed by atoms with E-state index < -0.39 is 12.1 Å². The summed E-state index contributed by atoms with van der Waals surface area (Å²) < 4.78 is 43.2. The van der Waals surface area contributed by atoms with Crippen molar-refractivity contribution in [1.29, 1.82) is 0 Å². The van der Waals surface area contributed by atoms with Crippen LogP contribution in [0.15, 0.2) is 40.8 Å². The van der Waals surface area contributed by atoms with E-state index >= 15 is 0 Å². The minimum absolute atomic E-state index is 0.0400. The van der Waals surface area contributed by atoms with E-state index in [2.05, 4.69) is 10.6 Å². The molecule has 2 heterocycles. The number of furan rings is 1. The second-order valence-corrected chi connectivity index (χ2v) is 7.09. The van der Waals surface area contributed by atoms with E-state index in [1.54, 1.807) is 6.07 Å². The zero-order valence-electron chi connectivity index (χ0n) is 14.7. The third kappa shape index (κ3) is 3.62. The van der Waals surface area contributed by atoms with Crippen LogP contribution < -0.4 is 16.0 Å². The highest BCUT2D eigenvalue weighted by atomic mass is 19.4. The molecule has 3 N–H and O–H groups in total. The van der Waals surface area contributed by atoms with Crippen LogP contribution >= 0.6 is 0 Å². The molecular weight excluding hydrogens is 375 g/mol. The average molecular weight is 393 g/mol. The fourth-order valence-electron chi connectivity index (χ4n) is 3.86. The lowest BCUT2D eigenvalue weighted by molar-refractivity contribution is -0.167. The third-order valence-corrected chi connectivity index (χ3v) is 5.17. The summed E-state index contributed by atoms with van der Waals surface area (Å²) >= 11 is 0. The van der Waals surface area contributed by atoms with Crippen LogP contribution in [0, 0.1) is 5.92 Å². The predicted molar refractivity (Wildman–Crippen MR) is 94.6 cm³/mol. The SMILES string of the molecule is O=C(NC1CC2CNC1C2)c1ccc(-c2ccccc2NC(=O)C(F)(F)F)o1. The van der Waals surface area contributed by atoms with Gasteiger partial charge in [-0.3, -0.25) is 9.59 Å². The first-order valence-electron chi connectivity index (χ1n) is 8.93. The van der Waals surface area contributed by atoms with Crippen LogP contribution in [0.5, 0.6) is 0 Å². The van der Waals surface area contributed by atoms with Crippen molar-refractivity contribution in [3.8, 4) is 11.3 Å². The summed E-state index contributed by atoms with van der Waals surface area (Å²) in [7, 11) is 0. The molecule has 1 aromatic carbocycles. The van der Waals surface area contributed by atoms with Crippen LogP contribution in [-0.2, 0) is 4.79 Å². The number of alkyl halides is 3. The Morgan fingerprint density at radius 3 is 2.57 bits per heavy atom. The number of anilines is 1. The second kappa shape index (κ2) is 6.97. The number of para-hydroxylation sites is 1. The van der Waals surface area contributed by atoms with Crippen LogP contribution in [0.25, 0.3) is 11.3 Å². The Morgan fingerprint density at radius 1 is 1.11 bits per heavy atom. The molecule has 1 saturated carbocycles. The minimum Gasteiger partial charge on any atom is -0.451 e. The molecule has 9 heteroatoms. The first kappa shape index (κ1) is 18.5. The van der Waals surface area contributed by atoms with E-state index in [1.807, 2.05) is 5.32 Å². The highest BCUT2D eigenvalue weighted by Gasteiger charge is 2.40. The number of halogens is 3. The molecule has 1 aliphatic heterocycles. The molecule has 0 spiro atoms. The van der Waals surface area contributed by atoms with Gasteiger partial charge in [-0.1, -0.05) is 12.1 Å². The van der Waals surface area contributed by atoms with Crippen LogP contribution in [-0.4, -0.2) is 36.6 Å². The van der Waals surface area contributed by atoms with E-state index in [9.17, 15) is 22.8 Å². The molecule has 2 fully saturated rings. The summed E-state index contributed by atoms with van der Waals surface area (Å²) in [4.78, 5) is 23.7. The molecule has 28 heavy (non-hydrogen) atoms. The van der Waals surface area contributed by atoms with E-state index in [0.29, 0.717) is 5.92 Å². The maximum Gasteiger partial charge on any atom is 0.471 e. The fraction of sp³-hybridized carbons (Fsp3) is 0.368. The standard InChI is InChI=1S/C19H18F3N3O3/c20-19(21,22)18(27)25-12-4-2-1-3-11(12)15-5-6-16(28-15)17(26)24-14-8-10-7-13(14)23-9-10/h1-6,10,13-14,23H,7-9H2,(H,24,26)(H,25,27). The van der Waals surface area contributed by atoms with Gasteiger partial charge in [-0.15, -0.1) is 0 Å². The van der Waals surface area contributed by atoms with E-state index in [1.165, 1.54) is 30.3 Å².